The fourth-order valence-corrected chi connectivity index (χ4v) is 1.16. The van der Waals surface area contributed by atoms with Gasteiger partial charge in [-0.15, -0.1) is 12.4 Å². The number of phenols is 1. The number of benzene rings is 1. The number of carbonyl (C=O) groups is 1. The zero-order valence-electron chi connectivity index (χ0n) is 8.34. The van der Waals surface area contributed by atoms with Crippen molar-refractivity contribution in [2.75, 3.05) is 7.11 Å². The molecule has 4 nitrogen and oxygen atoms in total. The zero-order chi connectivity index (χ0) is 10.6. The van der Waals surface area contributed by atoms with Crippen LogP contribution >= 0.6 is 12.4 Å². The van der Waals surface area contributed by atoms with Crippen molar-refractivity contribution in [3.05, 3.63) is 29.8 Å². The Hall–Kier alpha value is -1.26. The highest BCUT2D eigenvalue weighted by molar-refractivity contribution is 5.85. The van der Waals surface area contributed by atoms with Crippen molar-refractivity contribution in [2.45, 2.75) is 12.5 Å². The molecule has 0 spiro atoms. The Kier molecular flexibility index (Phi) is 5.74. The summed E-state index contributed by atoms with van der Waals surface area (Å²) in [6, 6.07) is 6.03. The van der Waals surface area contributed by atoms with Crippen molar-refractivity contribution < 1.29 is 14.6 Å². The molecule has 3 N–H and O–H groups in total. The maximum Gasteiger partial charge on any atom is 0.322 e. The monoisotopic (exact) mass is 231 g/mol. The van der Waals surface area contributed by atoms with Crippen LogP contribution in [0.15, 0.2) is 24.3 Å². The molecule has 0 aliphatic heterocycles. The summed E-state index contributed by atoms with van der Waals surface area (Å²) in [4.78, 5) is 11.0. The molecule has 0 aliphatic carbocycles. The van der Waals surface area contributed by atoms with E-state index in [1.807, 2.05) is 0 Å². The second kappa shape index (κ2) is 6.27. The molecule has 0 saturated heterocycles. The minimum absolute atomic E-state index is 0. The van der Waals surface area contributed by atoms with Crippen LogP contribution in [0, 0.1) is 0 Å². The van der Waals surface area contributed by atoms with Gasteiger partial charge in [0.25, 0.3) is 0 Å². The molecule has 1 aromatic carbocycles. The molecule has 5 heteroatoms. The normalized spacial score (nSPS) is 11.3. The number of nitrogens with two attached hydrogens (primary N) is 1. The number of ether oxygens (including phenoxy) is 1. The van der Waals surface area contributed by atoms with Crippen LogP contribution in [0.2, 0.25) is 0 Å². The first-order valence-corrected chi connectivity index (χ1v) is 4.25. The van der Waals surface area contributed by atoms with Crippen LogP contribution in [-0.4, -0.2) is 24.2 Å². The van der Waals surface area contributed by atoms with Gasteiger partial charge < -0.3 is 15.6 Å². The number of carbonyl (C=O) groups excluding carboxylic acids is 1. The number of rotatable bonds is 3. The maximum absolute atomic E-state index is 11.0. The first kappa shape index (κ1) is 13.7. The molecule has 0 bridgehead atoms. The molecule has 15 heavy (non-hydrogen) atoms. The number of hydrogen-bond acceptors (Lipinski definition) is 4. The number of hydrogen-bond donors (Lipinski definition) is 2. The van der Waals surface area contributed by atoms with Gasteiger partial charge in [-0.25, -0.2) is 0 Å². The third kappa shape index (κ3) is 3.77. The van der Waals surface area contributed by atoms with Gasteiger partial charge in [0, 0.05) is 6.42 Å². The van der Waals surface area contributed by atoms with Crippen LogP contribution < -0.4 is 5.73 Å². The molecule has 0 aliphatic rings. The predicted octanol–water partition coefficient (Wildman–Crippen LogP) is 0.857. The molecule has 1 atom stereocenters. The largest absolute Gasteiger partial charge is 0.508 e. The molecule has 0 saturated carbocycles. The van der Waals surface area contributed by atoms with Crippen molar-refractivity contribution in [1.29, 1.82) is 0 Å². The summed E-state index contributed by atoms with van der Waals surface area (Å²) in [6.07, 6.45) is 0.277. The summed E-state index contributed by atoms with van der Waals surface area (Å²) in [5.74, 6) is -0.333. The molecular weight excluding hydrogens is 218 g/mol. The number of aromatic hydroxyl groups is 1. The topological polar surface area (TPSA) is 72.5 Å². The SMILES string of the molecule is COC(=O)[C@H](N)Cc1ccccc1O.Cl. The van der Waals surface area contributed by atoms with Gasteiger partial charge in [-0.2, -0.15) is 0 Å². The lowest BCUT2D eigenvalue weighted by molar-refractivity contribution is -0.142. The van der Waals surface area contributed by atoms with Crippen molar-refractivity contribution in [3.8, 4) is 5.75 Å². The Morgan fingerprint density at radius 2 is 2.13 bits per heavy atom. The van der Waals surface area contributed by atoms with Crippen molar-refractivity contribution in [2.24, 2.45) is 5.73 Å². The van der Waals surface area contributed by atoms with Gasteiger partial charge in [0.15, 0.2) is 0 Å². The molecular formula is C10H14ClNO3. The number of halogens is 1. The van der Waals surface area contributed by atoms with E-state index in [-0.39, 0.29) is 24.6 Å². The Bertz CT molecular complexity index is 330. The van der Waals surface area contributed by atoms with E-state index in [1.54, 1.807) is 24.3 Å². The standard InChI is InChI=1S/C10H13NO3.ClH/c1-14-10(13)8(11)6-7-4-2-3-5-9(7)12;/h2-5,8,12H,6,11H2,1H3;1H/t8-;/m1./s1. The molecule has 0 heterocycles. The number of para-hydroxylation sites is 1. The van der Waals surface area contributed by atoms with Gasteiger partial charge in [-0.3, -0.25) is 4.79 Å². The van der Waals surface area contributed by atoms with Crippen molar-refractivity contribution >= 4 is 18.4 Å². The van der Waals surface area contributed by atoms with Gasteiger partial charge in [-0.05, 0) is 11.6 Å². The minimum atomic E-state index is -0.728. The van der Waals surface area contributed by atoms with Crippen LogP contribution in [0.1, 0.15) is 5.56 Å². The molecule has 0 aromatic heterocycles. The average molecular weight is 232 g/mol. The first-order chi connectivity index (χ1) is 6.65. The van der Waals surface area contributed by atoms with Crippen molar-refractivity contribution in [3.63, 3.8) is 0 Å². The van der Waals surface area contributed by atoms with E-state index in [2.05, 4.69) is 4.74 Å². The van der Waals surface area contributed by atoms with Crippen LogP contribution in [0.4, 0.5) is 0 Å². The lowest BCUT2D eigenvalue weighted by Crippen LogP contribution is -2.33. The van der Waals surface area contributed by atoms with Crippen LogP contribution in [-0.2, 0) is 16.0 Å². The van der Waals surface area contributed by atoms with E-state index in [9.17, 15) is 9.90 Å². The van der Waals surface area contributed by atoms with E-state index >= 15 is 0 Å². The first-order valence-electron chi connectivity index (χ1n) is 4.25. The quantitative estimate of drug-likeness (QED) is 0.757. The van der Waals surface area contributed by atoms with Gasteiger partial charge >= 0.3 is 5.97 Å². The van der Waals surface area contributed by atoms with Crippen LogP contribution in [0.25, 0.3) is 0 Å². The highest BCUT2D eigenvalue weighted by Gasteiger charge is 2.15. The maximum atomic E-state index is 11.0. The van der Waals surface area contributed by atoms with E-state index < -0.39 is 12.0 Å². The molecule has 0 unspecified atom stereocenters. The second-order valence-electron chi connectivity index (χ2n) is 2.96. The summed E-state index contributed by atoms with van der Waals surface area (Å²) >= 11 is 0. The summed E-state index contributed by atoms with van der Waals surface area (Å²) < 4.78 is 4.48. The van der Waals surface area contributed by atoms with E-state index in [0.717, 1.165) is 0 Å². The lowest BCUT2D eigenvalue weighted by Gasteiger charge is -2.09. The average Bonchev–Trinajstić information content (AvgIpc) is 2.20. The highest BCUT2D eigenvalue weighted by atomic mass is 35.5. The van der Waals surface area contributed by atoms with Gasteiger partial charge in [0.2, 0.25) is 0 Å². The highest BCUT2D eigenvalue weighted by Crippen LogP contribution is 2.16. The molecule has 0 radical (unpaired) electrons. The van der Waals surface area contributed by atoms with Crippen LogP contribution in [0.5, 0.6) is 5.75 Å². The fourth-order valence-electron chi connectivity index (χ4n) is 1.16. The smallest absolute Gasteiger partial charge is 0.322 e. The summed E-state index contributed by atoms with van der Waals surface area (Å²) in [7, 11) is 1.28. The van der Waals surface area contributed by atoms with E-state index in [0.29, 0.717) is 5.56 Å². The van der Waals surface area contributed by atoms with E-state index in [4.69, 9.17) is 5.73 Å². The Balaban J connectivity index is 0.00000196. The summed E-state index contributed by atoms with van der Waals surface area (Å²) in [5.41, 5.74) is 6.19. The third-order valence-electron chi connectivity index (χ3n) is 1.94. The van der Waals surface area contributed by atoms with E-state index in [1.165, 1.54) is 7.11 Å². The Morgan fingerprint density at radius 3 is 2.67 bits per heavy atom. The second-order valence-corrected chi connectivity index (χ2v) is 2.96. The number of methoxy groups -OCH3 is 1. The summed E-state index contributed by atoms with van der Waals surface area (Å²) in [6.45, 7) is 0. The summed E-state index contributed by atoms with van der Waals surface area (Å²) in [5, 5.41) is 9.41. The Labute approximate surface area is 94.5 Å². The molecule has 0 amide bonds. The molecule has 84 valence electrons. The lowest BCUT2D eigenvalue weighted by atomic mass is 10.1. The zero-order valence-corrected chi connectivity index (χ0v) is 9.16. The Morgan fingerprint density at radius 1 is 1.53 bits per heavy atom. The van der Waals surface area contributed by atoms with Gasteiger partial charge in [0.05, 0.1) is 7.11 Å². The van der Waals surface area contributed by atoms with Gasteiger partial charge in [-0.1, -0.05) is 18.2 Å². The van der Waals surface area contributed by atoms with Crippen molar-refractivity contribution in [1.82, 2.24) is 0 Å². The minimum Gasteiger partial charge on any atom is -0.508 e. The number of phenolic OH excluding ortho intramolecular Hbond substituents is 1. The molecule has 1 rings (SSSR count). The molecule has 0 fully saturated rings. The third-order valence-corrected chi connectivity index (χ3v) is 1.94. The number of esters is 1. The fraction of sp³-hybridized carbons (Fsp3) is 0.300. The predicted molar refractivity (Wildman–Crippen MR) is 59.1 cm³/mol. The van der Waals surface area contributed by atoms with Crippen LogP contribution in [0.3, 0.4) is 0 Å². The molecule has 1 aromatic rings. The van der Waals surface area contributed by atoms with Gasteiger partial charge in [0.1, 0.15) is 11.8 Å².